The van der Waals surface area contributed by atoms with Crippen LogP contribution in [0.15, 0.2) is 0 Å². The molecule has 0 saturated carbocycles. The molecular formula is C14H27N3O4S. The van der Waals surface area contributed by atoms with Crippen molar-refractivity contribution < 1.29 is 18.0 Å². The SMILES string of the molecule is C[C@@H](NC(=O)NCCCS(C)(=O)=O)C(=O)N1CCCC[C@@H]1C. The number of likely N-dealkylation sites (tertiary alicyclic amines) is 1. The van der Waals surface area contributed by atoms with Gasteiger partial charge in [-0.15, -0.1) is 0 Å². The molecule has 1 heterocycles. The van der Waals surface area contributed by atoms with Crippen LogP contribution < -0.4 is 10.6 Å². The Morgan fingerprint density at radius 3 is 2.59 bits per heavy atom. The summed E-state index contributed by atoms with van der Waals surface area (Å²) in [7, 11) is -3.01. The molecule has 0 aromatic heterocycles. The second-order valence-corrected chi connectivity index (χ2v) is 8.24. The minimum Gasteiger partial charge on any atom is -0.338 e. The van der Waals surface area contributed by atoms with E-state index in [1.807, 2.05) is 11.8 Å². The summed E-state index contributed by atoms with van der Waals surface area (Å²) in [5.41, 5.74) is 0. The third-order valence-electron chi connectivity index (χ3n) is 3.78. The molecule has 2 atom stereocenters. The number of sulfone groups is 1. The van der Waals surface area contributed by atoms with Gasteiger partial charge in [0, 0.05) is 25.4 Å². The van der Waals surface area contributed by atoms with Crippen molar-refractivity contribution in [2.45, 2.75) is 51.6 Å². The summed E-state index contributed by atoms with van der Waals surface area (Å²) in [5, 5.41) is 5.17. The normalized spacial score (nSPS) is 20.3. The Labute approximate surface area is 132 Å². The molecule has 7 nitrogen and oxygen atoms in total. The number of nitrogens with one attached hydrogen (secondary N) is 2. The Morgan fingerprint density at radius 1 is 1.32 bits per heavy atom. The zero-order valence-corrected chi connectivity index (χ0v) is 14.4. The monoisotopic (exact) mass is 333 g/mol. The van der Waals surface area contributed by atoms with E-state index in [2.05, 4.69) is 10.6 Å². The van der Waals surface area contributed by atoms with Crippen LogP contribution in [0.3, 0.4) is 0 Å². The fraction of sp³-hybridized carbons (Fsp3) is 0.857. The first-order valence-electron chi connectivity index (χ1n) is 7.73. The van der Waals surface area contributed by atoms with E-state index >= 15 is 0 Å². The van der Waals surface area contributed by atoms with Gasteiger partial charge in [-0.25, -0.2) is 13.2 Å². The molecule has 1 aliphatic heterocycles. The van der Waals surface area contributed by atoms with Crippen molar-refractivity contribution in [1.29, 1.82) is 0 Å². The predicted octanol–water partition coefficient (Wildman–Crippen LogP) is 0.510. The molecule has 1 aliphatic rings. The number of hydrogen-bond acceptors (Lipinski definition) is 4. The van der Waals surface area contributed by atoms with Crippen molar-refractivity contribution in [3.8, 4) is 0 Å². The van der Waals surface area contributed by atoms with E-state index in [9.17, 15) is 18.0 Å². The van der Waals surface area contributed by atoms with Gasteiger partial charge in [-0.05, 0) is 39.5 Å². The molecule has 0 spiro atoms. The van der Waals surface area contributed by atoms with Crippen molar-refractivity contribution in [2.75, 3.05) is 25.1 Å². The zero-order chi connectivity index (χ0) is 16.8. The largest absolute Gasteiger partial charge is 0.338 e. The lowest BCUT2D eigenvalue weighted by Crippen LogP contribution is -2.53. The van der Waals surface area contributed by atoms with Gasteiger partial charge in [-0.1, -0.05) is 0 Å². The van der Waals surface area contributed by atoms with Gasteiger partial charge in [0.05, 0.1) is 5.75 Å². The molecule has 0 bridgehead atoms. The summed E-state index contributed by atoms with van der Waals surface area (Å²) in [6, 6.07) is -0.821. The van der Waals surface area contributed by atoms with Crippen LogP contribution in [0.1, 0.15) is 39.5 Å². The molecular weight excluding hydrogens is 306 g/mol. The van der Waals surface area contributed by atoms with Crippen molar-refractivity contribution in [3.05, 3.63) is 0 Å². The number of rotatable bonds is 6. The first kappa shape index (κ1) is 18.7. The molecule has 0 unspecified atom stereocenters. The number of carbonyl (C=O) groups excluding carboxylic acids is 2. The predicted molar refractivity (Wildman–Crippen MR) is 85.4 cm³/mol. The quantitative estimate of drug-likeness (QED) is 0.692. The average molecular weight is 333 g/mol. The highest BCUT2D eigenvalue weighted by atomic mass is 32.2. The van der Waals surface area contributed by atoms with E-state index in [1.54, 1.807) is 6.92 Å². The maximum absolute atomic E-state index is 12.3. The lowest BCUT2D eigenvalue weighted by molar-refractivity contribution is -0.136. The Balaban J connectivity index is 2.32. The number of carbonyl (C=O) groups is 2. The number of urea groups is 1. The summed E-state index contributed by atoms with van der Waals surface area (Å²) >= 11 is 0. The minimum atomic E-state index is -3.01. The number of amides is 3. The molecule has 1 saturated heterocycles. The van der Waals surface area contributed by atoms with E-state index in [-0.39, 0.29) is 24.2 Å². The highest BCUT2D eigenvalue weighted by Crippen LogP contribution is 2.17. The van der Waals surface area contributed by atoms with Crippen molar-refractivity contribution >= 4 is 21.8 Å². The van der Waals surface area contributed by atoms with E-state index < -0.39 is 21.9 Å². The first-order valence-corrected chi connectivity index (χ1v) is 9.79. The van der Waals surface area contributed by atoms with Crippen LogP contribution in [0.4, 0.5) is 4.79 Å². The van der Waals surface area contributed by atoms with Gasteiger partial charge in [0.25, 0.3) is 0 Å². The highest BCUT2D eigenvalue weighted by molar-refractivity contribution is 7.90. The van der Waals surface area contributed by atoms with E-state index in [4.69, 9.17) is 0 Å². The summed E-state index contributed by atoms with van der Waals surface area (Å²) < 4.78 is 21.9. The number of piperidine rings is 1. The average Bonchev–Trinajstić information content (AvgIpc) is 2.42. The minimum absolute atomic E-state index is 0.0348. The molecule has 128 valence electrons. The first-order chi connectivity index (χ1) is 10.2. The fourth-order valence-corrected chi connectivity index (χ4v) is 3.19. The molecule has 3 amide bonds. The Morgan fingerprint density at radius 2 is 2.00 bits per heavy atom. The molecule has 0 aromatic carbocycles. The summed E-state index contributed by atoms with van der Waals surface area (Å²) in [6.45, 7) is 4.69. The Hall–Kier alpha value is -1.31. The second kappa shape index (κ2) is 8.36. The van der Waals surface area contributed by atoms with Crippen LogP contribution in [-0.4, -0.2) is 62.4 Å². The molecule has 1 rings (SSSR count). The standard InChI is InChI=1S/C14H27N3O4S/c1-11-7-4-5-9-17(11)13(18)12(2)16-14(19)15-8-6-10-22(3,20)21/h11-12H,4-10H2,1-3H3,(H2,15,16,19)/t11-,12+/m0/s1. The number of nitrogens with zero attached hydrogens (tertiary/aromatic N) is 1. The van der Waals surface area contributed by atoms with E-state index in [0.29, 0.717) is 6.42 Å². The van der Waals surface area contributed by atoms with Gasteiger partial charge in [0.1, 0.15) is 15.9 Å². The van der Waals surface area contributed by atoms with Crippen LogP contribution in [0.2, 0.25) is 0 Å². The van der Waals surface area contributed by atoms with Crippen molar-refractivity contribution in [3.63, 3.8) is 0 Å². The van der Waals surface area contributed by atoms with Gasteiger partial charge in [-0.3, -0.25) is 4.79 Å². The summed E-state index contributed by atoms with van der Waals surface area (Å²) in [6.07, 6.45) is 4.65. The van der Waals surface area contributed by atoms with Crippen LogP contribution in [0.5, 0.6) is 0 Å². The summed E-state index contributed by atoms with van der Waals surface area (Å²) in [4.78, 5) is 25.8. The fourth-order valence-electron chi connectivity index (χ4n) is 2.52. The maximum Gasteiger partial charge on any atom is 0.315 e. The van der Waals surface area contributed by atoms with Gasteiger partial charge in [-0.2, -0.15) is 0 Å². The number of hydrogen-bond donors (Lipinski definition) is 2. The maximum atomic E-state index is 12.3. The molecule has 2 N–H and O–H groups in total. The van der Waals surface area contributed by atoms with Gasteiger partial charge in [0.2, 0.25) is 5.91 Å². The lowest BCUT2D eigenvalue weighted by Gasteiger charge is -2.35. The van der Waals surface area contributed by atoms with Crippen LogP contribution >= 0.6 is 0 Å². The summed E-state index contributed by atoms with van der Waals surface area (Å²) in [5.74, 6) is -0.0361. The highest BCUT2D eigenvalue weighted by Gasteiger charge is 2.27. The van der Waals surface area contributed by atoms with Crippen molar-refractivity contribution in [2.24, 2.45) is 0 Å². The molecule has 0 radical (unpaired) electrons. The molecule has 8 heteroatoms. The topological polar surface area (TPSA) is 95.6 Å². The van der Waals surface area contributed by atoms with Crippen LogP contribution in [0.25, 0.3) is 0 Å². The molecule has 0 aromatic rings. The molecule has 1 fully saturated rings. The van der Waals surface area contributed by atoms with Gasteiger partial charge < -0.3 is 15.5 Å². The zero-order valence-electron chi connectivity index (χ0n) is 13.6. The van der Waals surface area contributed by atoms with Gasteiger partial charge in [0.15, 0.2) is 0 Å². The smallest absolute Gasteiger partial charge is 0.315 e. The van der Waals surface area contributed by atoms with E-state index in [1.165, 1.54) is 0 Å². The van der Waals surface area contributed by atoms with E-state index in [0.717, 1.165) is 32.1 Å². The van der Waals surface area contributed by atoms with Crippen LogP contribution in [-0.2, 0) is 14.6 Å². The third-order valence-corrected chi connectivity index (χ3v) is 4.81. The van der Waals surface area contributed by atoms with Gasteiger partial charge >= 0.3 is 6.03 Å². The van der Waals surface area contributed by atoms with Crippen molar-refractivity contribution in [1.82, 2.24) is 15.5 Å². The van der Waals surface area contributed by atoms with Crippen LogP contribution in [0, 0.1) is 0 Å². The third kappa shape index (κ3) is 6.64. The Bertz CT molecular complexity index is 492. The molecule has 22 heavy (non-hydrogen) atoms. The Kier molecular flexibility index (Phi) is 7.12. The lowest BCUT2D eigenvalue weighted by atomic mass is 10.0. The second-order valence-electron chi connectivity index (χ2n) is 5.98. The molecule has 0 aliphatic carbocycles.